The molecule has 2 aromatic rings. The van der Waals surface area contributed by atoms with Crippen LogP contribution in [-0.2, 0) is 11.3 Å². The molecule has 0 N–H and O–H groups in total. The van der Waals surface area contributed by atoms with Crippen LogP contribution in [0.3, 0.4) is 0 Å². The van der Waals surface area contributed by atoms with Crippen LogP contribution >= 0.6 is 23.4 Å². The van der Waals surface area contributed by atoms with Gasteiger partial charge in [0.2, 0.25) is 5.91 Å². The Bertz CT molecular complexity index is 690. The first-order valence-corrected chi connectivity index (χ1v) is 9.85. The van der Waals surface area contributed by atoms with Gasteiger partial charge in [-0.05, 0) is 23.8 Å². The molecule has 1 aliphatic heterocycles. The molecule has 1 amide bonds. The summed E-state index contributed by atoms with van der Waals surface area (Å²) in [7, 11) is 0. The van der Waals surface area contributed by atoms with Gasteiger partial charge in [-0.1, -0.05) is 29.8 Å². The lowest BCUT2D eigenvalue weighted by Gasteiger charge is -2.34. The second-order valence-corrected chi connectivity index (χ2v) is 7.59. The zero-order valence-electron chi connectivity index (χ0n) is 14.1. The molecule has 4 nitrogen and oxygen atoms in total. The summed E-state index contributed by atoms with van der Waals surface area (Å²) in [6.45, 7) is 4.33. The third-order valence-electron chi connectivity index (χ3n) is 4.26. The van der Waals surface area contributed by atoms with E-state index in [1.54, 1.807) is 18.0 Å². The molecular formula is C19H22ClN3OS. The molecule has 1 fully saturated rings. The van der Waals surface area contributed by atoms with Crippen LogP contribution in [0.5, 0.6) is 0 Å². The standard InChI is InChI=1S/C19H22ClN3OS/c20-17-5-1-2-6-18(17)25-13-7-19(24)23-11-9-22(10-12-23)15-16-4-3-8-21-14-16/h1-6,8,14H,7,9-13,15H2. The van der Waals surface area contributed by atoms with E-state index in [4.69, 9.17) is 11.6 Å². The molecule has 1 saturated heterocycles. The number of aromatic nitrogens is 1. The first-order chi connectivity index (χ1) is 12.2. The number of carbonyl (C=O) groups is 1. The van der Waals surface area contributed by atoms with Crippen LogP contribution in [0, 0.1) is 0 Å². The smallest absolute Gasteiger partial charge is 0.223 e. The minimum atomic E-state index is 0.237. The molecule has 0 spiro atoms. The third kappa shape index (κ3) is 5.46. The van der Waals surface area contributed by atoms with E-state index >= 15 is 0 Å². The maximum Gasteiger partial charge on any atom is 0.223 e. The highest BCUT2D eigenvalue weighted by molar-refractivity contribution is 7.99. The molecule has 0 radical (unpaired) electrons. The van der Waals surface area contributed by atoms with E-state index in [1.165, 1.54) is 5.56 Å². The van der Waals surface area contributed by atoms with Crippen LogP contribution in [-0.4, -0.2) is 52.6 Å². The average Bonchev–Trinajstić information content (AvgIpc) is 2.65. The number of carbonyl (C=O) groups excluding carboxylic acids is 1. The minimum absolute atomic E-state index is 0.237. The molecule has 0 unspecified atom stereocenters. The van der Waals surface area contributed by atoms with Gasteiger partial charge in [0.25, 0.3) is 0 Å². The van der Waals surface area contributed by atoms with Gasteiger partial charge < -0.3 is 4.90 Å². The number of piperazine rings is 1. The predicted molar refractivity (Wildman–Crippen MR) is 103 cm³/mol. The van der Waals surface area contributed by atoms with Gasteiger partial charge in [0.1, 0.15) is 0 Å². The molecule has 1 aromatic carbocycles. The number of pyridine rings is 1. The zero-order chi connectivity index (χ0) is 17.5. The summed E-state index contributed by atoms with van der Waals surface area (Å²) in [6.07, 6.45) is 4.25. The van der Waals surface area contributed by atoms with Crippen molar-refractivity contribution >= 4 is 29.3 Å². The zero-order valence-corrected chi connectivity index (χ0v) is 15.7. The van der Waals surface area contributed by atoms with Crippen molar-refractivity contribution in [2.45, 2.75) is 17.9 Å². The summed E-state index contributed by atoms with van der Waals surface area (Å²) in [5.41, 5.74) is 1.22. The number of rotatable bonds is 6. The van der Waals surface area contributed by atoms with Crippen molar-refractivity contribution in [1.82, 2.24) is 14.8 Å². The number of hydrogen-bond acceptors (Lipinski definition) is 4. The Morgan fingerprint density at radius 3 is 2.64 bits per heavy atom. The molecule has 0 bridgehead atoms. The van der Waals surface area contributed by atoms with Crippen LogP contribution in [0.25, 0.3) is 0 Å². The molecule has 25 heavy (non-hydrogen) atoms. The summed E-state index contributed by atoms with van der Waals surface area (Å²) in [6, 6.07) is 11.8. The molecule has 2 heterocycles. The summed E-state index contributed by atoms with van der Waals surface area (Å²) < 4.78 is 0. The van der Waals surface area contributed by atoms with E-state index in [9.17, 15) is 4.79 Å². The fourth-order valence-electron chi connectivity index (χ4n) is 2.87. The number of nitrogens with zero attached hydrogens (tertiary/aromatic N) is 3. The van der Waals surface area contributed by atoms with Crippen LogP contribution in [0.15, 0.2) is 53.7 Å². The second-order valence-electron chi connectivity index (χ2n) is 6.05. The van der Waals surface area contributed by atoms with Crippen molar-refractivity contribution in [3.8, 4) is 0 Å². The summed E-state index contributed by atoms with van der Waals surface area (Å²) in [5, 5.41) is 0.754. The number of halogens is 1. The first kappa shape index (κ1) is 18.2. The van der Waals surface area contributed by atoms with Crippen molar-refractivity contribution in [2.75, 3.05) is 31.9 Å². The molecule has 1 aliphatic rings. The quantitative estimate of drug-likeness (QED) is 0.723. The molecule has 132 valence electrons. The van der Waals surface area contributed by atoms with E-state index in [0.29, 0.717) is 6.42 Å². The van der Waals surface area contributed by atoms with Gasteiger partial charge in [-0.2, -0.15) is 0 Å². The van der Waals surface area contributed by atoms with E-state index in [0.717, 1.165) is 48.4 Å². The lowest BCUT2D eigenvalue weighted by molar-refractivity contribution is -0.132. The van der Waals surface area contributed by atoms with Gasteiger partial charge in [0.15, 0.2) is 0 Å². The highest BCUT2D eigenvalue weighted by Crippen LogP contribution is 2.27. The van der Waals surface area contributed by atoms with Gasteiger partial charge in [-0.15, -0.1) is 11.8 Å². The van der Waals surface area contributed by atoms with Crippen molar-refractivity contribution in [1.29, 1.82) is 0 Å². The molecule has 0 atom stereocenters. The highest BCUT2D eigenvalue weighted by Gasteiger charge is 2.20. The normalized spacial score (nSPS) is 15.3. The maximum atomic E-state index is 12.4. The lowest BCUT2D eigenvalue weighted by atomic mass is 10.2. The molecule has 1 aromatic heterocycles. The fraction of sp³-hybridized carbons (Fsp3) is 0.368. The van der Waals surface area contributed by atoms with Crippen molar-refractivity contribution in [3.63, 3.8) is 0 Å². The second kappa shape index (κ2) is 9.22. The van der Waals surface area contributed by atoms with Crippen LogP contribution < -0.4 is 0 Å². The molecule has 3 rings (SSSR count). The molecule has 0 saturated carbocycles. The van der Waals surface area contributed by atoms with Crippen LogP contribution in [0.1, 0.15) is 12.0 Å². The SMILES string of the molecule is O=C(CCSc1ccccc1Cl)N1CCN(Cc2cccnc2)CC1. The Kier molecular flexibility index (Phi) is 6.73. The van der Waals surface area contributed by atoms with Gasteiger partial charge >= 0.3 is 0 Å². The number of benzene rings is 1. The molecular weight excluding hydrogens is 354 g/mol. The van der Waals surface area contributed by atoms with Crippen molar-refractivity contribution < 1.29 is 4.79 Å². The minimum Gasteiger partial charge on any atom is -0.340 e. The van der Waals surface area contributed by atoms with Gasteiger partial charge in [0, 0.05) is 62.2 Å². The largest absolute Gasteiger partial charge is 0.340 e. The number of thioether (sulfide) groups is 1. The first-order valence-electron chi connectivity index (χ1n) is 8.49. The molecule has 6 heteroatoms. The van der Waals surface area contributed by atoms with Gasteiger partial charge in [-0.25, -0.2) is 0 Å². The van der Waals surface area contributed by atoms with Gasteiger partial charge in [-0.3, -0.25) is 14.7 Å². The molecule has 0 aliphatic carbocycles. The number of hydrogen-bond donors (Lipinski definition) is 0. The predicted octanol–water partition coefficient (Wildman–Crippen LogP) is 3.56. The van der Waals surface area contributed by atoms with E-state index in [-0.39, 0.29) is 5.91 Å². The monoisotopic (exact) mass is 375 g/mol. The van der Waals surface area contributed by atoms with E-state index in [2.05, 4.69) is 16.0 Å². The van der Waals surface area contributed by atoms with Crippen molar-refractivity contribution in [2.24, 2.45) is 0 Å². The number of amides is 1. The Morgan fingerprint density at radius 2 is 1.92 bits per heavy atom. The summed E-state index contributed by atoms with van der Waals surface area (Å²) >= 11 is 7.79. The third-order valence-corrected chi connectivity index (χ3v) is 5.78. The Morgan fingerprint density at radius 1 is 1.12 bits per heavy atom. The maximum absolute atomic E-state index is 12.4. The lowest BCUT2D eigenvalue weighted by Crippen LogP contribution is -2.48. The van der Waals surface area contributed by atoms with Gasteiger partial charge in [0.05, 0.1) is 5.02 Å². The Hall–Kier alpha value is -1.56. The van der Waals surface area contributed by atoms with Crippen LogP contribution in [0.4, 0.5) is 0 Å². The van der Waals surface area contributed by atoms with E-state index < -0.39 is 0 Å². The summed E-state index contributed by atoms with van der Waals surface area (Å²) in [5.74, 6) is 0.999. The van der Waals surface area contributed by atoms with Crippen LogP contribution in [0.2, 0.25) is 5.02 Å². The topological polar surface area (TPSA) is 36.4 Å². The van der Waals surface area contributed by atoms with E-state index in [1.807, 2.05) is 41.4 Å². The average molecular weight is 376 g/mol. The van der Waals surface area contributed by atoms with Crippen molar-refractivity contribution in [3.05, 3.63) is 59.4 Å². The highest BCUT2D eigenvalue weighted by atomic mass is 35.5. The Balaban J connectivity index is 1.39. The Labute approximate surface area is 158 Å². The fourth-order valence-corrected chi connectivity index (χ4v) is 4.05. The summed E-state index contributed by atoms with van der Waals surface area (Å²) in [4.78, 5) is 21.9.